The number of nitrogens with two attached hydrogens (primary N) is 1. The van der Waals surface area contributed by atoms with E-state index in [-0.39, 0.29) is 17.2 Å². The number of halogens is 1. The van der Waals surface area contributed by atoms with Crippen LogP contribution in [0.4, 0.5) is 0 Å². The molecule has 37 heavy (non-hydrogen) atoms. The molecule has 10 nitrogen and oxygen atoms in total. The predicted molar refractivity (Wildman–Crippen MR) is 134 cm³/mol. The summed E-state index contributed by atoms with van der Waals surface area (Å²) in [7, 11) is 3.03. The zero-order valence-corrected chi connectivity index (χ0v) is 22.0. The van der Waals surface area contributed by atoms with Gasteiger partial charge >= 0.3 is 0 Å². The Bertz CT molecular complexity index is 1230. The number of hydrogen-bond donors (Lipinski definition) is 6. The van der Waals surface area contributed by atoms with Crippen LogP contribution in [-0.2, 0) is 19.8 Å². The van der Waals surface area contributed by atoms with Crippen molar-refractivity contribution in [2.24, 2.45) is 23.5 Å². The summed E-state index contributed by atoms with van der Waals surface area (Å²) in [6, 6.07) is 2.16. The molecule has 0 spiro atoms. The van der Waals surface area contributed by atoms with E-state index < -0.39 is 81.7 Å². The van der Waals surface area contributed by atoms with Crippen molar-refractivity contribution in [3.8, 4) is 5.75 Å². The molecule has 11 heteroatoms. The van der Waals surface area contributed by atoms with E-state index in [2.05, 4.69) is 0 Å². The lowest BCUT2D eigenvalue weighted by Gasteiger charge is -2.56. The molecule has 202 valence electrons. The standard InChI is InChI=1S/C26H33ClN2O8/c1-9-10-6-7-11(25(2,3)8-27)18(30)13(10)19(31)14-12(9)20(32)16-17(29(4)5)21(33)15(24(28)36)23(35)26(16,37)22(14)34/h6-7,9,12,15-17,20-21,30-33,37H,8H2,1-5H3,(H2,28,36)/t9-,12+,15?,16+,17-,20-,21?,26-/m0/s1. The van der Waals surface area contributed by atoms with Crippen molar-refractivity contribution in [3.63, 3.8) is 0 Å². The molecule has 3 aliphatic rings. The number of ketones is 2. The highest BCUT2D eigenvalue weighted by Gasteiger charge is 2.71. The molecule has 1 aromatic rings. The van der Waals surface area contributed by atoms with E-state index in [0.717, 1.165) is 0 Å². The number of aliphatic hydroxyl groups excluding tert-OH is 3. The van der Waals surface area contributed by atoms with Gasteiger partial charge in [0, 0.05) is 40.3 Å². The molecule has 0 saturated heterocycles. The second-order valence-corrected chi connectivity index (χ2v) is 11.6. The molecule has 0 heterocycles. The molecule has 3 aliphatic carbocycles. The van der Waals surface area contributed by atoms with Gasteiger partial charge in [-0.1, -0.05) is 32.9 Å². The van der Waals surface area contributed by atoms with Gasteiger partial charge in [0.1, 0.15) is 17.4 Å². The lowest BCUT2D eigenvalue weighted by Crippen LogP contribution is -2.76. The molecule has 0 aliphatic heterocycles. The number of aromatic hydroxyl groups is 1. The van der Waals surface area contributed by atoms with Crippen LogP contribution < -0.4 is 5.73 Å². The first-order chi connectivity index (χ1) is 17.0. The lowest BCUT2D eigenvalue weighted by molar-refractivity contribution is -0.199. The Labute approximate surface area is 219 Å². The maximum Gasteiger partial charge on any atom is 0.230 e. The number of primary amides is 1. The summed E-state index contributed by atoms with van der Waals surface area (Å²) < 4.78 is 0. The molecule has 2 unspecified atom stereocenters. The summed E-state index contributed by atoms with van der Waals surface area (Å²) in [6.07, 6.45) is -3.29. The van der Waals surface area contributed by atoms with Gasteiger partial charge in [0.2, 0.25) is 11.7 Å². The third-order valence-corrected chi connectivity index (χ3v) is 9.23. The van der Waals surface area contributed by atoms with E-state index in [4.69, 9.17) is 17.3 Å². The maximum absolute atomic E-state index is 14.0. The molecular weight excluding hydrogens is 504 g/mol. The number of carbonyl (C=O) groups is 3. The maximum atomic E-state index is 14.0. The SMILES string of the molecule is C[C@H]1c2ccc(C(C)(C)CCl)c(O)c2C(O)=C2C(=O)[C@]3(O)C(=O)C(C(N)=O)C(O)[C@@H](N(C)C)[C@@H]3[C@@H](O)[C@@H]21. The lowest BCUT2D eigenvalue weighted by atomic mass is 9.51. The second kappa shape index (κ2) is 8.78. The van der Waals surface area contributed by atoms with Crippen molar-refractivity contribution in [2.45, 2.75) is 56.0 Å². The van der Waals surface area contributed by atoms with Crippen molar-refractivity contribution >= 4 is 34.8 Å². The van der Waals surface area contributed by atoms with Crippen LogP contribution in [-0.4, -0.2) is 91.7 Å². The summed E-state index contributed by atoms with van der Waals surface area (Å²) in [5.74, 6) is -9.76. The average Bonchev–Trinajstić information content (AvgIpc) is 2.80. The number of aliphatic hydroxyl groups is 4. The largest absolute Gasteiger partial charge is 0.507 e. The Morgan fingerprint density at radius 1 is 1.16 bits per heavy atom. The topological polar surface area (TPSA) is 182 Å². The van der Waals surface area contributed by atoms with Gasteiger partial charge in [-0.3, -0.25) is 14.4 Å². The van der Waals surface area contributed by atoms with E-state index >= 15 is 0 Å². The number of hydrogen-bond acceptors (Lipinski definition) is 9. The normalized spacial score (nSPS) is 35.8. The van der Waals surface area contributed by atoms with Crippen LogP contribution in [0, 0.1) is 17.8 Å². The molecule has 0 aromatic heterocycles. The molecule has 0 bridgehead atoms. The van der Waals surface area contributed by atoms with Crippen LogP contribution in [0.15, 0.2) is 17.7 Å². The smallest absolute Gasteiger partial charge is 0.230 e. The fraction of sp³-hybridized carbons (Fsp3) is 0.577. The van der Waals surface area contributed by atoms with Crippen LogP contribution in [0.2, 0.25) is 0 Å². The van der Waals surface area contributed by atoms with E-state index in [9.17, 15) is 39.9 Å². The molecule has 8 atom stereocenters. The fourth-order valence-electron chi connectivity index (χ4n) is 6.59. The molecule has 1 amide bonds. The Hall–Kier alpha value is -2.50. The number of fused-ring (bicyclic) bond motifs is 3. The van der Waals surface area contributed by atoms with Crippen LogP contribution in [0.25, 0.3) is 5.76 Å². The van der Waals surface area contributed by atoms with Gasteiger partial charge in [0.15, 0.2) is 11.4 Å². The van der Waals surface area contributed by atoms with E-state index in [0.29, 0.717) is 11.1 Å². The number of Topliss-reactive ketones (excluding diaryl/α,β-unsaturated/α-hetero) is 2. The predicted octanol–water partition coefficient (Wildman–Crippen LogP) is 0.177. The van der Waals surface area contributed by atoms with E-state index in [1.165, 1.54) is 19.0 Å². The van der Waals surface area contributed by atoms with Gasteiger partial charge in [-0.15, -0.1) is 11.6 Å². The van der Waals surface area contributed by atoms with Gasteiger partial charge in [0.25, 0.3) is 0 Å². The first-order valence-corrected chi connectivity index (χ1v) is 12.6. The first-order valence-electron chi connectivity index (χ1n) is 12.0. The van der Waals surface area contributed by atoms with E-state index in [1.807, 2.05) is 0 Å². The number of amides is 1. The number of likely N-dealkylation sites (N-methyl/N-ethyl adjacent to an activating group) is 1. The van der Waals surface area contributed by atoms with Gasteiger partial charge < -0.3 is 36.2 Å². The number of alkyl halides is 1. The fourth-order valence-corrected chi connectivity index (χ4v) is 6.74. The van der Waals surface area contributed by atoms with Crippen molar-refractivity contribution < 1.29 is 39.9 Å². The third-order valence-electron chi connectivity index (χ3n) is 8.56. The van der Waals surface area contributed by atoms with E-state index in [1.54, 1.807) is 32.9 Å². The number of carbonyl (C=O) groups excluding carboxylic acids is 3. The molecule has 7 N–H and O–H groups in total. The summed E-state index contributed by atoms with van der Waals surface area (Å²) >= 11 is 6.10. The van der Waals surface area contributed by atoms with Gasteiger partial charge in [-0.25, -0.2) is 0 Å². The van der Waals surface area contributed by atoms with Crippen molar-refractivity contribution in [1.29, 1.82) is 0 Å². The number of rotatable bonds is 4. The van der Waals surface area contributed by atoms with Crippen molar-refractivity contribution in [3.05, 3.63) is 34.4 Å². The number of phenols is 1. The third kappa shape index (κ3) is 3.50. The van der Waals surface area contributed by atoms with Gasteiger partial charge in [0.05, 0.1) is 17.8 Å². The zero-order valence-electron chi connectivity index (χ0n) is 21.3. The summed E-state index contributed by atoms with van der Waals surface area (Å²) in [5, 5.41) is 56.8. The summed E-state index contributed by atoms with van der Waals surface area (Å²) in [6.45, 7) is 5.28. The van der Waals surface area contributed by atoms with Crippen LogP contribution in [0.3, 0.4) is 0 Å². The Morgan fingerprint density at radius 3 is 2.27 bits per heavy atom. The summed E-state index contributed by atoms with van der Waals surface area (Å²) in [4.78, 5) is 41.0. The van der Waals surface area contributed by atoms with Crippen LogP contribution in [0.1, 0.15) is 43.4 Å². The van der Waals surface area contributed by atoms with Crippen molar-refractivity contribution in [2.75, 3.05) is 20.0 Å². The highest BCUT2D eigenvalue weighted by molar-refractivity contribution is 6.25. The monoisotopic (exact) mass is 536 g/mol. The van der Waals surface area contributed by atoms with Crippen LogP contribution in [0.5, 0.6) is 5.75 Å². The average molecular weight is 537 g/mol. The minimum atomic E-state index is -2.95. The second-order valence-electron chi connectivity index (χ2n) is 11.3. The number of nitrogens with zero attached hydrogens (tertiary/aromatic N) is 1. The molecule has 4 rings (SSSR count). The quantitative estimate of drug-likeness (QED) is 0.231. The highest BCUT2D eigenvalue weighted by atomic mass is 35.5. The molecule has 0 radical (unpaired) electrons. The zero-order chi connectivity index (χ0) is 27.9. The van der Waals surface area contributed by atoms with Gasteiger partial charge in [-0.2, -0.15) is 0 Å². The number of benzene rings is 1. The number of phenolic OH excluding ortho intramolecular Hbond substituents is 1. The minimum Gasteiger partial charge on any atom is -0.507 e. The molecule has 1 aromatic carbocycles. The molecule has 2 fully saturated rings. The molecular formula is C26H33ClN2O8. The minimum absolute atomic E-state index is 0.0454. The van der Waals surface area contributed by atoms with Gasteiger partial charge in [-0.05, 0) is 25.6 Å². The highest BCUT2D eigenvalue weighted by Crippen LogP contribution is 2.56. The van der Waals surface area contributed by atoms with Crippen molar-refractivity contribution in [1.82, 2.24) is 4.90 Å². The summed E-state index contributed by atoms with van der Waals surface area (Å²) in [5.41, 5.74) is 2.12. The Kier molecular flexibility index (Phi) is 6.53. The van der Waals surface area contributed by atoms with Crippen LogP contribution >= 0.6 is 11.6 Å². The Morgan fingerprint density at radius 2 is 1.76 bits per heavy atom. The Balaban J connectivity index is 2.01. The molecule has 2 saturated carbocycles. The first kappa shape index (κ1) is 27.5.